The first-order valence-electron chi connectivity index (χ1n) is 5.08. The molecule has 2 N–H and O–H groups in total. The highest BCUT2D eigenvalue weighted by molar-refractivity contribution is 5.72. The van der Waals surface area contributed by atoms with E-state index in [4.69, 9.17) is 10.2 Å². The van der Waals surface area contributed by atoms with Crippen molar-refractivity contribution >= 4 is 11.9 Å². The summed E-state index contributed by atoms with van der Waals surface area (Å²) in [5.74, 6) is -2.43. The van der Waals surface area contributed by atoms with Crippen LogP contribution >= 0.6 is 0 Å². The summed E-state index contributed by atoms with van der Waals surface area (Å²) in [6.45, 7) is 2.47. The summed E-state index contributed by atoms with van der Waals surface area (Å²) in [4.78, 5) is 32.5. The molecule has 0 aliphatic heterocycles. The number of pyridine rings is 1. The lowest BCUT2D eigenvalue weighted by Crippen LogP contribution is -2.26. The Kier molecular flexibility index (Phi) is 8.08. The number of carboxylic acid groups (broad SMARTS) is 2. The first kappa shape index (κ1) is 16.0. The van der Waals surface area contributed by atoms with E-state index in [1.165, 1.54) is 13.8 Å². The zero-order valence-corrected chi connectivity index (χ0v) is 10.0. The van der Waals surface area contributed by atoms with Gasteiger partial charge in [0.2, 0.25) is 0 Å². The van der Waals surface area contributed by atoms with Crippen LogP contribution < -0.4 is 0 Å². The zero-order valence-electron chi connectivity index (χ0n) is 10.0. The molecule has 1 rings (SSSR count). The molecule has 1 aromatic rings. The lowest BCUT2D eigenvalue weighted by Gasteiger charge is -2.09. The van der Waals surface area contributed by atoms with Crippen LogP contribution in [-0.2, 0) is 19.4 Å². The maximum Gasteiger partial charge on any atom is 0.335 e. The van der Waals surface area contributed by atoms with Crippen LogP contribution in [0.15, 0.2) is 30.6 Å². The quantitative estimate of drug-likeness (QED) is 0.597. The lowest BCUT2D eigenvalue weighted by molar-refractivity contribution is -0.335. The molecule has 0 spiro atoms. The third-order valence-electron chi connectivity index (χ3n) is 1.61. The Bertz CT molecular complexity index is 309. The third-order valence-corrected chi connectivity index (χ3v) is 1.61. The minimum atomic E-state index is -1.22. The first-order valence-corrected chi connectivity index (χ1v) is 5.08. The van der Waals surface area contributed by atoms with Gasteiger partial charge in [-0.25, -0.2) is 19.4 Å². The van der Waals surface area contributed by atoms with Crippen LogP contribution in [-0.4, -0.2) is 39.3 Å². The van der Waals surface area contributed by atoms with Crippen LogP contribution in [0.3, 0.4) is 0 Å². The van der Waals surface area contributed by atoms with Gasteiger partial charge in [0.15, 0.2) is 12.2 Å². The van der Waals surface area contributed by atoms with Crippen molar-refractivity contribution in [3.63, 3.8) is 0 Å². The van der Waals surface area contributed by atoms with Gasteiger partial charge in [0.1, 0.15) is 0 Å². The molecule has 2 unspecified atom stereocenters. The Morgan fingerprint density at radius 3 is 1.50 bits per heavy atom. The zero-order chi connectivity index (χ0) is 14.0. The summed E-state index contributed by atoms with van der Waals surface area (Å²) in [6.07, 6.45) is 1.15. The van der Waals surface area contributed by atoms with Crippen molar-refractivity contribution in [2.45, 2.75) is 26.1 Å². The highest BCUT2D eigenvalue weighted by Gasteiger charge is 2.17. The van der Waals surface area contributed by atoms with Gasteiger partial charge in [0.05, 0.1) is 0 Å². The molecule has 100 valence electrons. The summed E-state index contributed by atoms with van der Waals surface area (Å²) >= 11 is 0. The largest absolute Gasteiger partial charge is 0.479 e. The molecule has 1 heterocycles. The molecular formula is C11H15NO6. The van der Waals surface area contributed by atoms with Crippen LogP contribution in [0.1, 0.15) is 13.8 Å². The summed E-state index contributed by atoms with van der Waals surface area (Å²) in [7, 11) is 0. The van der Waals surface area contributed by atoms with Crippen molar-refractivity contribution in [3.05, 3.63) is 30.6 Å². The predicted molar refractivity (Wildman–Crippen MR) is 60.6 cm³/mol. The number of nitrogens with zero attached hydrogens (tertiary/aromatic N) is 1. The minimum absolute atomic E-state index is 1.17. The molecule has 0 aliphatic rings. The average Bonchev–Trinajstić information content (AvgIpc) is 2.38. The van der Waals surface area contributed by atoms with Crippen molar-refractivity contribution < 1.29 is 29.6 Å². The molecule has 0 aliphatic carbocycles. The Balaban J connectivity index is 0.000000397. The van der Waals surface area contributed by atoms with Gasteiger partial charge in [-0.15, -0.1) is 0 Å². The molecule has 7 nitrogen and oxygen atoms in total. The standard InChI is InChI=1S/C6H10O6.C5H5N/c1-3(5(7)8)11-12-4(2)6(9)10;1-2-4-6-5-3-1/h3-4H,1-2H3,(H,7,8)(H,9,10);1-5H. The van der Waals surface area contributed by atoms with Gasteiger partial charge in [-0.1, -0.05) is 6.07 Å². The number of hydrogen-bond donors (Lipinski definition) is 2. The highest BCUT2D eigenvalue weighted by atomic mass is 17.2. The molecular weight excluding hydrogens is 242 g/mol. The summed E-state index contributed by atoms with van der Waals surface area (Å²) in [6, 6.07) is 5.72. The number of rotatable bonds is 5. The fourth-order valence-corrected chi connectivity index (χ4v) is 0.562. The number of aliphatic carboxylic acids is 2. The van der Waals surface area contributed by atoms with Crippen molar-refractivity contribution in [3.8, 4) is 0 Å². The van der Waals surface area contributed by atoms with Gasteiger partial charge in [-0.3, -0.25) is 4.98 Å². The molecule has 0 aromatic carbocycles. The van der Waals surface area contributed by atoms with E-state index in [2.05, 4.69) is 14.8 Å². The van der Waals surface area contributed by atoms with Gasteiger partial charge in [0, 0.05) is 12.4 Å². The highest BCUT2D eigenvalue weighted by Crippen LogP contribution is 1.97. The van der Waals surface area contributed by atoms with E-state index in [9.17, 15) is 9.59 Å². The Morgan fingerprint density at radius 2 is 1.33 bits per heavy atom. The number of carboxylic acids is 2. The monoisotopic (exact) mass is 257 g/mol. The molecule has 0 bridgehead atoms. The van der Waals surface area contributed by atoms with Crippen molar-refractivity contribution in [2.24, 2.45) is 0 Å². The molecule has 7 heteroatoms. The first-order chi connectivity index (χ1) is 8.45. The molecule has 1 aromatic heterocycles. The Labute approximate surface area is 104 Å². The molecule has 0 amide bonds. The normalized spacial score (nSPS) is 12.8. The Hall–Kier alpha value is -1.99. The van der Waals surface area contributed by atoms with Crippen molar-refractivity contribution in [1.29, 1.82) is 0 Å². The SMILES string of the molecule is CC(OOC(C)C(=O)O)C(=O)O.c1ccncc1. The van der Waals surface area contributed by atoms with E-state index in [0.717, 1.165) is 0 Å². The van der Waals surface area contributed by atoms with E-state index in [-0.39, 0.29) is 0 Å². The maximum absolute atomic E-state index is 10.1. The van der Waals surface area contributed by atoms with Gasteiger partial charge in [-0.05, 0) is 26.0 Å². The van der Waals surface area contributed by atoms with E-state index in [1.54, 1.807) is 12.4 Å². The maximum atomic E-state index is 10.1. The van der Waals surface area contributed by atoms with Crippen LogP contribution in [0, 0.1) is 0 Å². The lowest BCUT2D eigenvalue weighted by atomic mass is 10.4. The van der Waals surface area contributed by atoms with E-state index in [1.807, 2.05) is 18.2 Å². The fourth-order valence-electron chi connectivity index (χ4n) is 0.562. The molecule has 0 fully saturated rings. The van der Waals surface area contributed by atoms with Crippen LogP contribution in [0.4, 0.5) is 0 Å². The summed E-state index contributed by atoms with van der Waals surface area (Å²) < 4.78 is 0. The van der Waals surface area contributed by atoms with Crippen molar-refractivity contribution in [1.82, 2.24) is 4.98 Å². The average molecular weight is 257 g/mol. The molecule has 0 saturated heterocycles. The summed E-state index contributed by atoms with van der Waals surface area (Å²) in [5, 5.41) is 16.6. The molecule has 0 radical (unpaired) electrons. The smallest absolute Gasteiger partial charge is 0.335 e. The number of aromatic nitrogens is 1. The molecule has 0 saturated carbocycles. The van der Waals surface area contributed by atoms with Gasteiger partial charge < -0.3 is 10.2 Å². The number of hydrogen-bond acceptors (Lipinski definition) is 5. The summed E-state index contributed by atoms with van der Waals surface area (Å²) in [5.41, 5.74) is 0. The second kappa shape index (κ2) is 9.08. The fraction of sp³-hybridized carbons (Fsp3) is 0.364. The van der Waals surface area contributed by atoms with E-state index in [0.29, 0.717) is 0 Å². The van der Waals surface area contributed by atoms with E-state index < -0.39 is 24.1 Å². The second-order valence-corrected chi connectivity index (χ2v) is 3.18. The topological polar surface area (TPSA) is 106 Å². The predicted octanol–water partition coefficient (Wildman–Crippen LogP) is 0.962. The van der Waals surface area contributed by atoms with Gasteiger partial charge in [-0.2, -0.15) is 0 Å². The molecule has 2 atom stereocenters. The van der Waals surface area contributed by atoms with Gasteiger partial charge >= 0.3 is 11.9 Å². The van der Waals surface area contributed by atoms with Crippen LogP contribution in [0.25, 0.3) is 0 Å². The van der Waals surface area contributed by atoms with Crippen molar-refractivity contribution in [2.75, 3.05) is 0 Å². The van der Waals surface area contributed by atoms with E-state index >= 15 is 0 Å². The Morgan fingerprint density at radius 1 is 0.944 bits per heavy atom. The van der Waals surface area contributed by atoms with Crippen LogP contribution in [0.2, 0.25) is 0 Å². The second-order valence-electron chi connectivity index (χ2n) is 3.18. The molecule has 18 heavy (non-hydrogen) atoms. The van der Waals surface area contributed by atoms with Crippen LogP contribution in [0.5, 0.6) is 0 Å². The number of carbonyl (C=O) groups is 2. The minimum Gasteiger partial charge on any atom is -0.479 e. The third kappa shape index (κ3) is 8.20. The van der Waals surface area contributed by atoms with Gasteiger partial charge in [0.25, 0.3) is 0 Å².